The number of likely N-dealkylation sites (N-methyl/N-ethyl adjacent to an activating group) is 1. The Morgan fingerprint density at radius 3 is 2.50 bits per heavy atom. The van der Waals surface area contributed by atoms with Crippen LogP contribution >= 0.6 is 0 Å². The average molecular weight is 555 g/mol. The Labute approximate surface area is 246 Å². The van der Waals surface area contributed by atoms with E-state index in [0.717, 1.165) is 63.8 Å². The predicted molar refractivity (Wildman–Crippen MR) is 169 cm³/mol. The number of nitrogens with zero attached hydrogens (tertiary/aromatic N) is 5. The molecule has 1 N–H and O–H groups in total. The van der Waals surface area contributed by atoms with E-state index in [1.807, 2.05) is 60.8 Å². The summed E-state index contributed by atoms with van der Waals surface area (Å²) in [7, 11) is 4.18. The molecule has 0 aliphatic rings. The summed E-state index contributed by atoms with van der Waals surface area (Å²) < 4.78 is 8.22. The number of hydrogen-bond donors (Lipinski definition) is 1. The number of imidazole rings is 1. The van der Waals surface area contributed by atoms with Crippen LogP contribution in [0.1, 0.15) is 16.7 Å². The number of pyridine rings is 1. The lowest BCUT2D eigenvalue weighted by Crippen LogP contribution is -2.15. The van der Waals surface area contributed by atoms with Gasteiger partial charge in [0.15, 0.2) is 0 Å². The van der Waals surface area contributed by atoms with Gasteiger partial charge in [0.2, 0.25) is 5.95 Å². The van der Waals surface area contributed by atoms with Gasteiger partial charge in [-0.3, -0.25) is 4.40 Å². The van der Waals surface area contributed by atoms with Gasteiger partial charge in [0.1, 0.15) is 18.0 Å². The van der Waals surface area contributed by atoms with Crippen molar-refractivity contribution >= 4 is 17.3 Å². The maximum atomic E-state index is 6.14. The first-order valence-electron chi connectivity index (χ1n) is 14.1. The molecular weight excluding hydrogens is 520 g/mol. The van der Waals surface area contributed by atoms with Gasteiger partial charge in [-0.05, 0) is 92.7 Å². The quantitative estimate of drug-likeness (QED) is 0.193. The molecule has 7 heteroatoms. The highest BCUT2D eigenvalue weighted by atomic mass is 16.5. The van der Waals surface area contributed by atoms with Crippen LogP contribution in [0.3, 0.4) is 0 Å². The first-order chi connectivity index (χ1) is 20.5. The van der Waals surface area contributed by atoms with Crippen LogP contribution < -0.4 is 10.1 Å². The summed E-state index contributed by atoms with van der Waals surface area (Å²) >= 11 is 0. The Bertz CT molecular complexity index is 1810. The number of aryl methyl sites for hydroxylation is 1. The Balaban J connectivity index is 1.31. The molecule has 0 saturated heterocycles. The second-order valence-electron chi connectivity index (χ2n) is 10.6. The number of ether oxygens (including phenoxy) is 1. The van der Waals surface area contributed by atoms with Crippen LogP contribution in [0.25, 0.3) is 28.3 Å². The molecule has 0 aliphatic carbocycles. The molecule has 210 valence electrons. The molecule has 42 heavy (non-hydrogen) atoms. The third kappa shape index (κ3) is 6.16. The topological polar surface area (TPSA) is 67.6 Å². The van der Waals surface area contributed by atoms with Crippen molar-refractivity contribution in [2.24, 2.45) is 0 Å². The van der Waals surface area contributed by atoms with E-state index in [1.54, 1.807) is 6.20 Å². The summed E-state index contributed by atoms with van der Waals surface area (Å²) in [5.41, 5.74) is 8.81. The standard InChI is InChI=1S/C35H34N6O/c1-25-22-28(15-16-31(25)42-24-27-10-5-4-6-11-27)33-34(41-20-8-7-14-32(41)39-33)30-17-19-36-35(38-30)37-29-13-9-12-26(23-29)18-21-40(2)3/h4-17,19-20,22-23H,18,21,24H2,1-3H3,(H,36,37,38). The van der Waals surface area contributed by atoms with Gasteiger partial charge in [0.25, 0.3) is 0 Å². The Hall–Kier alpha value is -5.01. The van der Waals surface area contributed by atoms with E-state index >= 15 is 0 Å². The molecule has 0 atom stereocenters. The van der Waals surface area contributed by atoms with Crippen molar-refractivity contribution in [2.75, 3.05) is 26.0 Å². The van der Waals surface area contributed by atoms with Crippen molar-refractivity contribution in [2.45, 2.75) is 20.0 Å². The molecule has 6 rings (SSSR count). The van der Waals surface area contributed by atoms with Crippen LogP contribution in [-0.2, 0) is 13.0 Å². The highest BCUT2D eigenvalue weighted by Crippen LogP contribution is 2.34. The van der Waals surface area contributed by atoms with Gasteiger partial charge in [0, 0.05) is 30.2 Å². The minimum Gasteiger partial charge on any atom is -0.489 e. The third-order valence-electron chi connectivity index (χ3n) is 7.14. The largest absolute Gasteiger partial charge is 0.489 e. The number of aromatic nitrogens is 4. The number of rotatable bonds is 10. The van der Waals surface area contributed by atoms with Crippen LogP contribution in [0.15, 0.2) is 109 Å². The lowest BCUT2D eigenvalue weighted by atomic mass is 10.0. The van der Waals surface area contributed by atoms with E-state index in [0.29, 0.717) is 12.6 Å². The Kier molecular flexibility index (Phi) is 7.92. The zero-order valence-corrected chi connectivity index (χ0v) is 24.2. The molecule has 6 aromatic rings. The van der Waals surface area contributed by atoms with Crippen LogP contribution in [0.5, 0.6) is 5.75 Å². The minimum atomic E-state index is 0.524. The zero-order chi connectivity index (χ0) is 28.9. The van der Waals surface area contributed by atoms with Crippen molar-refractivity contribution in [3.63, 3.8) is 0 Å². The lowest BCUT2D eigenvalue weighted by Gasteiger charge is -2.12. The fourth-order valence-electron chi connectivity index (χ4n) is 4.97. The first-order valence-corrected chi connectivity index (χ1v) is 14.1. The average Bonchev–Trinajstić information content (AvgIpc) is 3.40. The van der Waals surface area contributed by atoms with Crippen molar-refractivity contribution in [3.8, 4) is 28.4 Å². The second-order valence-corrected chi connectivity index (χ2v) is 10.6. The molecule has 3 aromatic heterocycles. The normalized spacial score (nSPS) is 11.2. The van der Waals surface area contributed by atoms with Crippen molar-refractivity contribution in [3.05, 3.63) is 126 Å². The molecule has 0 fully saturated rings. The van der Waals surface area contributed by atoms with Gasteiger partial charge in [-0.25, -0.2) is 15.0 Å². The Morgan fingerprint density at radius 2 is 1.67 bits per heavy atom. The highest BCUT2D eigenvalue weighted by molar-refractivity contribution is 5.81. The lowest BCUT2D eigenvalue weighted by molar-refractivity contribution is 0.304. The minimum absolute atomic E-state index is 0.524. The van der Waals surface area contributed by atoms with E-state index in [2.05, 4.69) is 83.1 Å². The van der Waals surface area contributed by atoms with E-state index in [1.165, 1.54) is 5.56 Å². The summed E-state index contributed by atoms with van der Waals surface area (Å²) in [6.07, 6.45) is 4.79. The number of benzene rings is 3. The molecule has 0 saturated carbocycles. The molecule has 0 spiro atoms. The number of nitrogens with one attached hydrogen (secondary N) is 1. The van der Waals surface area contributed by atoms with E-state index in [-0.39, 0.29) is 0 Å². The molecular formula is C35H34N6O. The molecule has 0 amide bonds. The summed E-state index contributed by atoms with van der Waals surface area (Å²) in [4.78, 5) is 16.7. The summed E-state index contributed by atoms with van der Waals surface area (Å²) in [6, 6.07) is 32.8. The third-order valence-corrected chi connectivity index (χ3v) is 7.14. The van der Waals surface area contributed by atoms with E-state index in [4.69, 9.17) is 14.7 Å². The van der Waals surface area contributed by atoms with E-state index < -0.39 is 0 Å². The number of fused-ring (bicyclic) bond motifs is 1. The van der Waals surface area contributed by atoms with Crippen molar-refractivity contribution in [1.29, 1.82) is 0 Å². The van der Waals surface area contributed by atoms with Gasteiger partial charge in [-0.15, -0.1) is 0 Å². The molecule has 0 bridgehead atoms. The predicted octanol–water partition coefficient (Wildman–Crippen LogP) is 7.19. The van der Waals surface area contributed by atoms with E-state index in [9.17, 15) is 0 Å². The van der Waals surface area contributed by atoms with Crippen LogP contribution in [0.2, 0.25) is 0 Å². The molecule has 3 aromatic carbocycles. The van der Waals surface area contributed by atoms with Crippen LogP contribution in [0.4, 0.5) is 11.6 Å². The fourth-order valence-corrected chi connectivity index (χ4v) is 4.97. The molecule has 0 aliphatic heterocycles. The van der Waals surface area contributed by atoms with Crippen LogP contribution in [-0.4, -0.2) is 44.9 Å². The summed E-state index contributed by atoms with van der Waals surface area (Å²) in [6.45, 7) is 3.58. The maximum Gasteiger partial charge on any atom is 0.227 e. The van der Waals surface area contributed by atoms with Gasteiger partial charge in [0.05, 0.1) is 17.1 Å². The SMILES string of the molecule is Cc1cc(-c2nc3ccccn3c2-c2ccnc(Nc3cccc(CCN(C)C)c3)n2)ccc1OCc1ccccc1. The van der Waals surface area contributed by atoms with Crippen LogP contribution in [0, 0.1) is 6.92 Å². The zero-order valence-electron chi connectivity index (χ0n) is 24.2. The highest BCUT2D eigenvalue weighted by Gasteiger charge is 2.18. The van der Waals surface area contributed by atoms with Gasteiger partial charge < -0.3 is 15.0 Å². The monoisotopic (exact) mass is 554 g/mol. The van der Waals surface area contributed by atoms with Crippen molar-refractivity contribution < 1.29 is 4.74 Å². The van der Waals surface area contributed by atoms with Gasteiger partial charge in [-0.1, -0.05) is 48.5 Å². The molecule has 7 nitrogen and oxygen atoms in total. The smallest absolute Gasteiger partial charge is 0.227 e. The first kappa shape index (κ1) is 27.2. The summed E-state index contributed by atoms with van der Waals surface area (Å²) in [5.74, 6) is 1.39. The molecule has 0 radical (unpaired) electrons. The Morgan fingerprint density at radius 1 is 0.833 bits per heavy atom. The maximum absolute atomic E-state index is 6.14. The molecule has 0 unspecified atom stereocenters. The van der Waals surface area contributed by atoms with Crippen molar-refractivity contribution in [1.82, 2.24) is 24.3 Å². The van der Waals surface area contributed by atoms with Gasteiger partial charge in [-0.2, -0.15) is 0 Å². The number of anilines is 2. The van der Waals surface area contributed by atoms with Gasteiger partial charge >= 0.3 is 0 Å². The summed E-state index contributed by atoms with van der Waals surface area (Å²) in [5, 5.41) is 3.40. The number of hydrogen-bond acceptors (Lipinski definition) is 6. The fraction of sp³-hybridized carbons (Fsp3) is 0.171. The molecule has 3 heterocycles. The second kappa shape index (κ2) is 12.2.